The van der Waals surface area contributed by atoms with Crippen LogP contribution >= 0.6 is 0 Å². The van der Waals surface area contributed by atoms with Crippen LogP contribution in [0.25, 0.3) is 0 Å². The number of rotatable bonds is 7. The van der Waals surface area contributed by atoms with Crippen LogP contribution in [0.4, 0.5) is 0 Å². The van der Waals surface area contributed by atoms with Gasteiger partial charge in [-0.2, -0.15) is 0 Å². The molecule has 3 heteroatoms. The van der Waals surface area contributed by atoms with Gasteiger partial charge in [0.25, 0.3) is 0 Å². The maximum absolute atomic E-state index is 12.2. The zero-order chi connectivity index (χ0) is 12.7. The Morgan fingerprint density at radius 3 is 2.59 bits per heavy atom. The van der Waals surface area contributed by atoms with Crippen molar-refractivity contribution < 1.29 is 4.79 Å². The number of hydrogen-bond acceptors (Lipinski definition) is 3. The average Bonchev–Trinajstić information content (AvgIpc) is 2.37. The standard InChI is InChI=1S/C14H26N2O/c1-4-12(3)14(17)13(15-5-2)11-16-9-7-6-8-10-16/h5,12-13,15H,2,4,6-11H2,1,3H3. The number of carbonyl (C=O) groups excluding carboxylic acids is 1. The summed E-state index contributed by atoms with van der Waals surface area (Å²) in [7, 11) is 0. The highest BCUT2D eigenvalue weighted by Crippen LogP contribution is 2.12. The van der Waals surface area contributed by atoms with Crippen LogP contribution in [0.5, 0.6) is 0 Å². The Morgan fingerprint density at radius 2 is 2.06 bits per heavy atom. The minimum Gasteiger partial charge on any atom is -0.381 e. The highest BCUT2D eigenvalue weighted by atomic mass is 16.1. The summed E-state index contributed by atoms with van der Waals surface area (Å²) in [4.78, 5) is 14.6. The Bertz CT molecular complexity index is 247. The Labute approximate surface area is 105 Å². The molecule has 2 atom stereocenters. The van der Waals surface area contributed by atoms with Gasteiger partial charge in [0, 0.05) is 12.5 Å². The van der Waals surface area contributed by atoms with E-state index < -0.39 is 0 Å². The van der Waals surface area contributed by atoms with Crippen molar-refractivity contribution >= 4 is 5.78 Å². The predicted octanol–water partition coefficient (Wildman–Crippen LogP) is 2.19. The number of hydrogen-bond donors (Lipinski definition) is 1. The highest BCUT2D eigenvalue weighted by Gasteiger charge is 2.24. The van der Waals surface area contributed by atoms with Gasteiger partial charge in [0.2, 0.25) is 0 Å². The quantitative estimate of drug-likeness (QED) is 0.738. The first-order valence-electron chi connectivity index (χ1n) is 6.82. The smallest absolute Gasteiger partial charge is 0.159 e. The summed E-state index contributed by atoms with van der Waals surface area (Å²) >= 11 is 0. The molecule has 0 aliphatic carbocycles. The second kappa shape index (κ2) is 7.49. The molecular weight excluding hydrogens is 212 g/mol. The van der Waals surface area contributed by atoms with E-state index in [1.54, 1.807) is 6.20 Å². The van der Waals surface area contributed by atoms with Gasteiger partial charge in [-0.25, -0.2) is 0 Å². The van der Waals surface area contributed by atoms with Crippen molar-refractivity contribution in [1.29, 1.82) is 0 Å². The minimum absolute atomic E-state index is 0.0828. The van der Waals surface area contributed by atoms with Crippen LogP contribution in [0.2, 0.25) is 0 Å². The summed E-state index contributed by atoms with van der Waals surface area (Å²) in [5, 5.41) is 3.12. The first kappa shape index (κ1) is 14.2. The molecule has 0 amide bonds. The maximum atomic E-state index is 12.2. The van der Waals surface area contributed by atoms with Crippen molar-refractivity contribution in [3.05, 3.63) is 12.8 Å². The summed E-state index contributed by atoms with van der Waals surface area (Å²) in [5.74, 6) is 0.454. The molecular formula is C14H26N2O. The van der Waals surface area contributed by atoms with Crippen LogP contribution in [0, 0.1) is 5.92 Å². The summed E-state index contributed by atoms with van der Waals surface area (Å²) in [6.07, 6.45) is 6.41. The van der Waals surface area contributed by atoms with Crippen molar-refractivity contribution in [2.75, 3.05) is 19.6 Å². The molecule has 1 aliphatic heterocycles. The number of likely N-dealkylation sites (tertiary alicyclic amines) is 1. The molecule has 0 aromatic rings. The minimum atomic E-state index is -0.0828. The fourth-order valence-corrected chi connectivity index (χ4v) is 2.31. The molecule has 0 spiro atoms. The Morgan fingerprint density at radius 1 is 1.41 bits per heavy atom. The lowest BCUT2D eigenvalue weighted by molar-refractivity contribution is -0.124. The molecule has 2 unspecified atom stereocenters. The second-order valence-corrected chi connectivity index (χ2v) is 5.00. The maximum Gasteiger partial charge on any atom is 0.159 e. The molecule has 3 nitrogen and oxygen atoms in total. The topological polar surface area (TPSA) is 32.3 Å². The van der Waals surface area contributed by atoms with E-state index in [4.69, 9.17) is 0 Å². The molecule has 1 N–H and O–H groups in total. The van der Waals surface area contributed by atoms with Crippen molar-refractivity contribution in [1.82, 2.24) is 10.2 Å². The number of ketones is 1. The number of Topliss-reactive ketones (excluding diaryl/α,β-unsaturated/α-hetero) is 1. The Hall–Kier alpha value is -0.830. The normalized spacial score (nSPS) is 20.6. The summed E-state index contributed by atoms with van der Waals surface area (Å²) in [6, 6.07) is -0.0828. The largest absolute Gasteiger partial charge is 0.381 e. The first-order valence-corrected chi connectivity index (χ1v) is 6.82. The van der Waals surface area contributed by atoms with E-state index in [2.05, 4.69) is 23.7 Å². The van der Waals surface area contributed by atoms with Gasteiger partial charge < -0.3 is 10.2 Å². The first-order chi connectivity index (χ1) is 8.19. The zero-order valence-electron chi connectivity index (χ0n) is 11.2. The van der Waals surface area contributed by atoms with Crippen LogP contribution in [0.15, 0.2) is 12.8 Å². The number of piperidine rings is 1. The number of carbonyl (C=O) groups is 1. The van der Waals surface area contributed by atoms with Gasteiger partial charge in [0.05, 0.1) is 6.04 Å². The Kier molecular flexibility index (Phi) is 6.27. The van der Waals surface area contributed by atoms with Gasteiger partial charge in [0.1, 0.15) is 0 Å². The van der Waals surface area contributed by atoms with Gasteiger partial charge in [-0.1, -0.05) is 26.8 Å². The number of nitrogens with zero attached hydrogens (tertiary/aromatic N) is 1. The third-order valence-electron chi connectivity index (χ3n) is 3.65. The van der Waals surface area contributed by atoms with Crippen LogP contribution in [-0.2, 0) is 4.79 Å². The molecule has 0 bridgehead atoms. The third-order valence-corrected chi connectivity index (χ3v) is 3.65. The van der Waals surface area contributed by atoms with Crippen molar-refractivity contribution in [2.45, 2.75) is 45.6 Å². The van der Waals surface area contributed by atoms with Crippen molar-refractivity contribution in [3.8, 4) is 0 Å². The lowest BCUT2D eigenvalue weighted by Gasteiger charge is -2.30. The van der Waals surface area contributed by atoms with Crippen molar-refractivity contribution in [2.24, 2.45) is 5.92 Å². The monoisotopic (exact) mass is 238 g/mol. The van der Waals surface area contributed by atoms with E-state index in [0.717, 1.165) is 26.1 Å². The molecule has 0 aromatic carbocycles. The molecule has 1 fully saturated rings. The van der Waals surface area contributed by atoms with Gasteiger partial charge >= 0.3 is 0 Å². The van der Waals surface area contributed by atoms with Gasteiger partial charge in [0.15, 0.2) is 5.78 Å². The van der Waals surface area contributed by atoms with Crippen LogP contribution in [0.3, 0.4) is 0 Å². The molecule has 1 rings (SSSR count). The van der Waals surface area contributed by atoms with E-state index in [1.165, 1.54) is 19.3 Å². The van der Waals surface area contributed by atoms with Gasteiger partial charge in [-0.05, 0) is 38.6 Å². The second-order valence-electron chi connectivity index (χ2n) is 5.00. The predicted molar refractivity (Wildman–Crippen MR) is 71.9 cm³/mol. The van der Waals surface area contributed by atoms with E-state index in [9.17, 15) is 4.79 Å². The lowest BCUT2D eigenvalue weighted by atomic mass is 9.96. The summed E-state index contributed by atoms with van der Waals surface area (Å²) in [5.41, 5.74) is 0. The van der Waals surface area contributed by atoms with E-state index in [0.29, 0.717) is 5.78 Å². The average molecular weight is 238 g/mol. The molecule has 17 heavy (non-hydrogen) atoms. The van der Waals surface area contributed by atoms with E-state index in [1.807, 2.05) is 6.92 Å². The molecule has 98 valence electrons. The molecule has 0 aromatic heterocycles. The van der Waals surface area contributed by atoms with E-state index >= 15 is 0 Å². The molecule has 1 aliphatic rings. The fraction of sp³-hybridized carbons (Fsp3) is 0.786. The SMILES string of the molecule is C=CNC(CN1CCCCC1)C(=O)C(C)CC. The third kappa shape index (κ3) is 4.50. The molecule has 1 saturated heterocycles. The van der Waals surface area contributed by atoms with E-state index in [-0.39, 0.29) is 12.0 Å². The van der Waals surface area contributed by atoms with Crippen LogP contribution in [-0.4, -0.2) is 36.4 Å². The number of nitrogens with one attached hydrogen (secondary N) is 1. The highest BCUT2D eigenvalue weighted by molar-refractivity contribution is 5.86. The molecule has 0 saturated carbocycles. The summed E-state index contributed by atoms with van der Waals surface area (Å²) in [6.45, 7) is 10.8. The fourth-order valence-electron chi connectivity index (χ4n) is 2.31. The Balaban J connectivity index is 2.51. The summed E-state index contributed by atoms with van der Waals surface area (Å²) < 4.78 is 0. The van der Waals surface area contributed by atoms with Gasteiger partial charge in [-0.15, -0.1) is 0 Å². The van der Waals surface area contributed by atoms with Gasteiger partial charge in [-0.3, -0.25) is 4.79 Å². The zero-order valence-corrected chi connectivity index (χ0v) is 11.2. The molecule has 1 heterocycles. The van der Waals surface area contributed by atoms with Crippen LogP contribution < -0.4 is 5.32 Å². The van der Waals surface area contributed by atoms with Crippen LogP contribution in [0.1, 0.15) is 39.5 Å². The lowest BCUT2D eigenvalue weighted by Crippen LogP contribution is -2.47. The van der Waals surface area contributed by atoms with Crippen molar-refractivity contribution in [3.63, 3.8) is 0 Å². The molecule has 0 radical (unpaired) electrons.